The van der Waals surface area contributed by atoms with Gasteiger partial charge in [-0.15, -0.1) is 0 Å². The molecule has 0 radical (unpaired) electrons. The SMILES string of the molecule is Cc1cc(C2CCN(C(=O)C3CC4(CC(C#N)C4)C3)CC2)ccc1Br. The molecule has 2 aliphatic carbocycles. The van der Waals surface area contributed by atoms with E-state index in [1.54, 1.807) is 0 Å². The fourth-order valence-corrected chi connectivity index (χ4v) is 5.43. The first-order chi connectivity index (χ1) is 12.0. The van der Waals surface area contributed by atoms with Gasteiger partial charge in [0.15, 0.2) is 0 Å². The molecule has 2 saturated carbocycles. The molecule has 0 unspecified atom stereocenters. The van der Waals surface area contributed by atoms with Gasteiger partial charge in [0, 0.05) is 29.4 Å². The molecule has 0 N–H and O–H groups in total. The van der Waals surface area contributed by atoms with E-state index in [1.807, 2.05) is 0 Å². The first-order valence-corrected chi connectivity index (χ1v) is 10.2. The van der Waals surface area contributed by atoms with Crippen LogP contribution in [0.5, 0.6) is 0 Å². The minimum Gasteiger partial charge on any atom is -0.342 e. The van der Waals surface area contributed by atoms with Crippen molar-refractivity contribution in [1.29, 1.82) is 5.26 Å². The van der Waals surface area contributed by atoms with Crippen molar-refractivity contribution < 1.29 is 4.79 Å². The largest absolute Gasteiger partial charge is 0.342 e. The normalized spacial score (nSPS) is 32.0. The van der Waals surface area contributed by atoms with Crippen LogP contribution in [0.3, 0.4) is 0 Å². The number of piperidine rings is 1. The maximum atomic E-state index is 12.8. The molecule has 1 amide bonds. The van der Waals surface area contributed by atoms with Crippen molar-refractivity contribution in [1.82, 2.24) is 4.90 Å². The van der Waals surface area contributed by atoms with Gasteiger partial charge in [0.1, 0.15) is 0 Å². The summed E-state index contributed by atoms with van der Waals surface area (Å²) in [4.78, 5) is 14.9. The Morgan fingerprint density at radius 3 is 2.52 bits per heavy atom. The Bertz CT molecular complexity index is 716. The summed E-state index contributed by atoms with van der Waals surface area (Å²) in [6, 6.07) is 9.00. The zero-order chi connectivity index (χ0) is 17.6. The lowest BCUT2D eigenvalue weighted by Gasteiger charge is -2.56. The molecule has 1 heterocycles. The molecule has 1 aromatic carbocycles. The number of carbonyl (C=O) groups is 1. The van der Waals surface area contributed by atoms with Crippen molar-refractivity contribution >= 4 is 21.8 Å². The molecule has 1 spiro atoms. The number of nitrogens with zero attached hydrogens (tertiary/aromatic N) is 2. The molecule has 0 bridgehead atoms. The Hall–Kier alpha value is -1.34. The molecule has 1 aromatic rings. The number of hydrogen-bond acceptors (Lipinski definition) is 2. The van der Waals surface area contributed by atoms with Crippen LogP contribution in [0.4, 0.5) is 0 Å². The lowest BCUT2D eigenvalue weighted by atomic mass is 9.48. The molecule has 25 heavy (non-hydrogen) atoms. The molecule has 3 aliphatic rings. The average molecular weight is 401 g/mol. The highest BCUT2D eigenvalue weighted by atomic mass is 79.9. The van der Waals surface area contributed by atoms with Crippen LogP contribution >= 0.6 is 15.9 Å². The number of carbonyl (C=O) groups excluding carboxylic acids is 1. The van der Waals surface area contributed by atoms with Gasteiger partial charge >= 0.3 is 0 Å². The number of amides is 1. The van der Waals surface area contributed by atoms with Gasteiger partial charge in [-0.05, 0) is 74.0 Å². The number of halogens is 1. The topological polar surface area (TPSA) is 44.1 Å². The van der Waals surface area contributed by atoms with Crippen molar-refractivity contribution in [3.63, 3.8) is 0 Å². The standard InChI is InChI=1S/C21H25BrN2O/c1-14-8-17(2-3-19(14)22)16-4-6-24(7-5-16)20(25)18-11-21(12-18)9-15(10-21)13-23/h2-3,8,15-16,18H,4-7,9-12H2,1H3. The first-order valence-electron chi connectivity index (χ1n) is 9.44. The van der Waals surface area contributed by atoms with E-state index in [0.29, 0.717) is 17.2 Å². The van der Waals surface area contributed by atoms with Gasteiger partial charge in [0.2, 0.25) is 5.91 Å². The zero-order valence-electron chi connectivity index (χ0n) is 14.8. The Kier molecular flexibility index (Phi) is 4.40. The van der Waals surface area contributed by atoms with Crippen molar-refractivity contribution in [2.45, 2.75) is 51.4 Å². The van der Waals surface area contributed by atoms with E-state index < -0.39 is 0 Å². The second-order valence-electron chi connectivity index (χ2n) is 8.45. The smallest absolute Gasteiger partial charge is 0.225 e. The van der Waals surface area contributed by atoms with Crippen molar-refractivity contribution in [2.24, 2.45) is 17.3 Å². The summed E-state index contributed by atoms with van der Waals surface area (Å²) in [7, 11) is 0. The summed E-state index contributed by atoms with van der Waals surface area (Å²) >= 11 is 3.57. The molecule has 4 rings (SSSR count). The predicted molar refractivity (Wildman–Crippen MR) is 101 cm³/mol. The predicted octanol–water partition coefficient (Wildman–Crippen LogP) is 4.79. The summed E-state index contributed by atoms with van der Waals surface area (Å²) in [6.45, 7) is 3.92. The lowest BCUT2D eigenvalue weighted by Crippen LogP contribution is -2.53. The van der Waals surface area contributed by atoms with E-state index in [1.165, 1.54) is 11.1 Å². The third-order valence-electron chi connectivity index (χ3n) is 6.71. The molecule has 4 heteroatoms. The third kappa shape index (κ3) is 3.12. The molecule has 132 valence electrons. The summed E-state index contributed by atoms with van der Waals surface area (Å²) in [5.74, 6) is 1.43. The maximum absolute atomic E-state index is 12.8. The zero-order valence-corrected chi connectivity index (χ0v) is 16.4. The van der Waals surface area contributed by atoms with Crippen LogP contribution in [0.2, 0.25) is 0 Å². The van der Waals surface area contributed by atoms with Gasteiger partial charge < -0.3 is 4.90 Å². The van der Waals surface area contributed by atoms with E-state index in [-0.39, 0.29) is 11.8 Å². The van der Waals surface area contributed by atoms with E-state index in [2.05, 4.69) is 52.0 Å². The summed E-state index contributed by atoms with van der Waals surface area (Å²) < 4.78 is 1.16. The van der Waals surface area contributed by atoms with Crippen molar-refractivity contribution in [3.8, 4) is 6.07 Å². The highest BCUT2D eigenvalue weighted by Crippen LogP contribution is 2.61. The van der Waals surface area contributed by atoms with Gasteiger partial charge in [-0.2, -0.15) is 5.26 Å². The number of rotatable bonds is 2. The minimum atomic E-state index is 0.228. The molecular formula is C21H25BrN2O. The molecule has 0 aromatic heterocycles. The van der Waals surface area contributed by atoms with E-state index in [9.17, 15) is 4.79 Å². The molecule has 3 fully saturated rings. The number of aryl methyl sites for hydroxylation is 1. The molecular weight excluding hydrogens is 376 g/mol. The van der Waals surface area contributed by atoms with Crippen LogP contribution in [0.1, 0.15) is 55.6 Å². The van der Waals surface area contributed by atoms with E-state index >= 15 is 0 Å². The number of hydrogen-bond donors (Lipinski definition) is 0. The van der Waals surface area contributed by atoms with Gasteiger partial charge in [0.25, 0.3) is 0 Å². The molecule has 0 atom stereocenters. The molecule has 1 aliphatic heterocycles. The summed E-state index contributed by atoms with van der Waals surface area (Å²) in [5.41, 5.74) is 3.05. The van der Waals surface area contributed by atoms with E-state index in [0.717, 1.165) is 56.1 Å². The number of likely N-dealkylation sites (tertiary alicyclic amines) is 1. The van der Waals surface area contributed by atoms with Crippen LogP contribution in [0.25, 0.3) is 0 Å². The third-order valence-corrected chi connectivity index (χ3v) is 7.60. The van der Waals surface area contributed by atoms with Crippen molar-refractivity contribution in [2.75, 3.05) is 13.1 Å². The first kappa shape index (κ1) is 17.1. The Labute approximate surface area is 158 Å². The monoisotopic (exact) mass is 400 g/mol. The Morgan fingerprint density at radius 2 is 1.92 bits per heavy atom. The van der Waals surface area contributed by atoms with Crippen LogP contribution < -0.4 is 0 Å². The Morgan fingerprint density at radius 1 is 1.24 bits per heavy atom. The molecule has 1 saturated heterocycles. The van der Waals surface area contributed by atoms with Crippen molar-refractivity contribution in [3.05, 3.63) is 33.8 Å². The van der Waals surface area contributed by atoms with Gasteiger partial charge in [-0.1, -0.05) is 28.1 Å². The second-order valence-corrected chi connectivity index (χ2v) is 9.30. The fraction of sp³-hybridized carbons (Fsp3) is 0.619. The summed E-state index contributed by atoms with van der Waals surface area (Å²) in [6.07, 6.45) is 6.24. The average Bonchev–Trinajstić information content (AvgIpc) is 2.55. The Balaban J connectivity index is 1.28. The van der Waals surface area contributed by atoms with Crippen LogP contribution in [0, 0.1) is 35.5 Å². The quantitative estimate of drug-likeness (QED) is 0.715. The highest BCUT2D eigenvalue weighted by Gasteiger charge is 2.55. The highest BCUT2D eigenvalue weighted by molar-refractivity contribution is 9.10. The summed E-state index contributed by atoms with van der Waals surface area (Å²) in [5, 5.41) is 8.94. The van der Waals surface area contributed by atoms with Gasteiger partial charge in [-0.25, -0.2) is 0 Å². The number of nitriles is 1. The fourth-order valence-electron chi connectivity index (χ4n) is 5.18. The maximum Gasteiger partial charge on any atom is 0.225 e. The molecule has 3 nitrogen and oxygen atoms in total. The van der Waals surface area contributed by atoms with Crippen LogP contribution in [-0.2, 0) is 4.79 Å². The van der Waals surface area contributed by atoms with Crippen LogP contribution in [0.15, 0.2) is 22.7 Å². The lowest BCUT2D eigenvalue weighted by molar-refractivity contribution is -0.150. The van der Waals surface area contributed by atoms with Gasteiger partial charge in [0.05, 0.1) is 6.07 Å². The number of benzene rings is 1. The van der Waals surface area contributed by atoms with Gasteiger partial charge in [-0.3, -0.25) is 4.79 Å². The van der Waals surface area contributed by atoms with E-state index in [4.69, 9.17) is 5.26 Å². The minimum absolute atomic E-state index is 0.228. The van der Waals surface area contributed by atoms with Crippen LogP contribution in [-0.4, -0.2) is 23.9 Å². The second kappa shape index (κ2) is 6.43.